The molecule has 6 nitrogen and oxygen atoms in total. The second-order valence-electron chi connectivity index (χ2n) is 6.06. The summed E-state index contributed by atoms with van der Waals surface area (Å²) < 4.78 is 14.6. The first-order valence-electron chi connectivity index (χ1n) is 7.65. The number of carbonyl (C=O) groups is 1. The molecule has 2 aromatic carbocycles. The van der Waals surface area contributed by atoms with E-state index in [9.17, 15) is 14.3 Å². The van der Waals surface area contributed by atoms with Gasteiger partial charge in [0.25, 0.3) is 5.91 Å². The molecule has 2 N–H and O–H groups in total. The summed E-state index contributed by atoms with van der Waals surface area (Å²) in [5, 5.41) is 26.9. The van der Waals surface area contributed by atoms with Crippen LogP contribution in [0.5, 0.6) is 0 Å². The third kappa shape index (κ3) is 3.67. The molecule has 1 unspecified atom stereocenters. The first-order valence-corrected chi connectivity index (χ1v) is 8.02. The molecule has 1 heterocycles. The number of amides is 1. The van der Waals surface area contributed by atoms with Crippen molar-refractivity contribution in [2.45, 2.75) is 19.1 Å². The Morgan fingerprint density at radius 3 is 2.88 bits per heavy atom. The molecule has 8 heteroatoms. The lowest BCUT2D eigenvalue weighted by Gasteiger charge is -2.22. The van der Waals surface area contributed by atoms with Crippen LogP contribution in [0.15, 0.2) is 42.6 Å². The lowest BCUT2D eigenvalue weighted by atomic mass is 10.1. The van der Waals surface area contributed by atoms with Crippen LogP contribution in [0.4, 0.5) is 10.1 Å². The number of anilines is 1. The van der Waals surface area contributed by atoms with E-state index < -0.39 is 11.5 Å². The fourth-order valence-corrected chi connectivity index (χ4v) is 2.69. The summed E-state index contributed by atoms with van der Waals surface area (Å²) in [6.07, 6.45) is 1.55. The van der Waals surface area contributed by atoms with E-state index in [-0.39, 0.29) is 22.9 Å². The predicted octanol–water partition coefficient (Wildman–Crippen LogP) is 3.09. The van der Waals surface area contributed by atoms with Crippen LogP contribution in [0, 0.1) is 17.1 Å². The van der Waals surface area contributed by atoms with Gasteiger partial charge in [-0.3, -0.25) is 9.48 Å². The van der Waals surface area contributed by atoms with Crippen LogP contribution in [0.25, 0.3) is 10.9 Å². The molecule has 0 fully saturated rings. The molecule has 0 saturated heterocycles. The van der Waals surface area contributed by atoms with Crippen molar-refractivity contribution in [2.24, 2.45) is 0 Å². The quantitative estimate of drug-likeness (QED) is 0.736. The van der Waals surface area contributed by atoms with Gasteiger partial charge in [-0.1, -0.05) is 11.6 Å². The third-order valence-corrected chi connectivity index (χ3v) is 4.13. The minimum absolute atomic E-state index is 0.126. The van der Waals surface area contributed by atoms with Gasteiger partial charge >= 0.3 is 0 Å². The summed E-state index contributed by atoms with van der Waals surface area (Å²) >= 11 is 5.93. The topological polar surface area (TPSA) is 90.9 Å². The number of fused-ring (bicyclic) bond motifs is 1. The van der Waals surface area contributed by atoms with Gasteiger partial charge in [-0.2, -0.15) is 10.4 Å². The lowest BCUT2D eigenvalue weighted by Crippen LogP contribution is -2.43. The number of aromatic nitrogens is 2. The van der Waals surface area contributed by atoms with Crippen molar-refractivity contribution in [2.75, 3.05) is 5.32 Å². The number of benzene rings is 2. The molecule has 0 aliphatic carbocycles. The summed E-state index contributed by atoms with van der Waals surface area (Å²) in [4.78, 5) is 12.4. The fraction of sp³-hybridized carbons (Fsp3) is 0.167. The van der Waals surface area contributed by atoms with Crippen molar-refractivity contribution in [1.82, 2.24) is 9.78 Å². The zero-order valence-corrected chi connectivity index (χ0v) is 14.5. The second kappa shape index (κ2) is 6.75. The first-order chi connectivity index (χ1) is 12.3. The molecule has 26 heavy (non-hydrogen) atoms. The van der Waals surface area contributed by atoms with Gasteiger partial charge in [0.15, 0.2) is 5.60 Å². The molecule has 0 aliphatic rings. The SMILES string of the molecule is CC(O)(Cn1cc2cc(F)ccc2n1)C(=O)Nc1ccc(C#N)c(Cl)c1. The van der Waals surface area contributed by atoms with E-state index in [0.29, 0.717) is 16.6 Å². The molecular formula is C18H14ClFN4O2. The molecule has 1 atom stereocenters. The highest BCUT2D eigenvalue weighted by Crippen LogP contribution is 2.22. The molecule has 1 aromatic heterocycles. The highest BCUT2D eigenvalue weighted by molar-refractivity contribution is 6.32. The Morgan fingerprint density at radius 2 is 2.19 bits per heavy atom. The average molecular weight is 373 g/mol. The van der Waals surface area contributed by atoms with Gasteiger partial charge in [0.1, 0.15) is 11.9 Å². The molecule has 132 valence electrons. The lowest BCUT2D eigenvalue weighted by molar-refractivity contribution is -0.133. The molecule has 0 spiro atoms. The molecule has 3 rings (SSSR count). The maximum atomic E-state index is 13.3. The number of aliphatic hydroxyl groups is 1. The third-order valence-electron chi connectivity index (χ3n) is 3.82. The van der Waals surface area contributed by atoms with Crippen molar-refractivity contribution < 1.29 is 14.3 Å². The maximum Gasteiger partial charge on any atom is 0.257 e. The Balaban J connectivity index is 1.76. The molecular weight excluding hydrogens is 359 g/mol. The molecule has 1 amide bonds. The molecule has 0 saturated carbocycles. The number of hydrogen-bond acceptors (Lipinski definition) is 4. The van der Waals surface area contributed by atoms with Gasteiger partial charge in [0, 0.05) is 17.3 Å². The Hall–Kier alpha value is -2.95. The van der Waals surface area contributed by atoms with Crippen LogP contribution < -0.4 is 5.32 Å². The predicted molar refractivity (Wildman–Crippen MR) is 95.1 cm³/mol. The minimum atomic E-state index is -1.78. The van der Waals surface area contributed by atoms with Crippen LogP contribution in [0.3, 0.4) is 0 Å². The van der Waals surface area contributed by atoms with Gasteiger partial charge in [0.05, 0.1) is 22.6 Å². The van der Waals surface area contributed by atoms with Crippen molar-refractivity contribution in [1.29, 1.82) is 5.26 Å². The fourth-order valence-electron chi connectivity index (χ4n) is 2.47. The zero-order chi connectivity index (χ0) is 18.9. The zero-order valence-electron chi connectivity index (χ0n) is 13.7. The molecule has 0 aliphatic heterocycles. The average Bonchev–Trinajstić information content (AvgIpc) is 2.95. The standard InChI is InChI=1S/C18H14ClFN4O2/c1-18(26,10-24-9-12-6-13(20)3-5-16(12)23-24)17(25)22-14-4-2-11(8-21)15(19)7-14/h2-7,9,26H,10H2,1H3,(H,22,25). The van der Waals surface area contributed by atoms with Crippen molar-refractivity contribution in [3.05, 3.63) is 59.0 Å². The van der Waals surface area contributed by atoms with Gasteiger partial charge in [0.2, 0.25) is 0 Å². The highest BCUT2D eigenvalue weighted by atomic mass is 35.5. The van der Waals surface area contributed by atoms with Crippen LogP contribution in [0.1, 0.15) is 12.5 Å². The van der Waals surface area contributed by atoms with E-state index >= 15 is 0 Å². The van der Waals surface area contributed by atoms with Crippen LogP contribution in [-0.2, 0) is 11.3 Å². The van der Waals surface area contributed by atoms with Gasteiger partial charge in [-0.05, 0) is 43.3 Å². The minimum Gasteiger partial charge on any atom is -0.378 e. The molecule has 0 radical (unpaired) electrons. The number of nitriles is 1. The van der Waals surface area contributed by atoms with Gasteiger partial charge in [-0.25, -0.2) is 4.39 Å². The number of carbonyl (C=O) groups excluding carboxylic acids is 1. The number of rotatable bonds is 4. The monoisotopic (exact) mass is 372 g/mol. The van der Waals surface area contributed by atoms with E-state index in [4.69, 9.17) is 16.9 Å². The number of hydrogen-bond donors (Lipinski definition) is 2. The summed E-state index contributed by atoms with van der Waals surface area (Å²) in [5.41, 5.74) is -0.582. The number of nitrogens with zero attached hydrogens (tertiary/aromatic N) is 3. The van der Waals surface area contributed by atoms with Gasteiger partial charge < -0.3 is 10.4 Å². The normalized spacial score (nSPS) is 13.2. The maximum absolute atomic E-state index is 13.3. The smallest absolute Gasteiger partial charge is 0.257 e. The first kappa shape index (κ1) is 17.9. The Kier molecular flexibility index (Phi) is 4.64. The Labute approximate surface area is 153 Å². The van der Waals surface area contributed by atoms with Gasteiger partial charge in [-0.15, -0.1) is 0 Å². The van der Waals surface area contributed by atoms with Crippen LogP contribution >= 0.6 is 11.6 Å². The van der Waals surface area contributed by atoms with E-state index in [2.05, 4.69) is 10.4 Å². The summed E-state index contributed by atoms with van der Waals surface area (Å²) in [7, 11) is 0. The van der Waals surface area contributed by atoms with Crippen molar-refractivity contribution >= 4 is 34.1 Å². The largest absolute Gasteiger partial charge is 0.378 e. The highest BCUT2D eigenvalue weighted by Gasteiger charge is 2.31. The Morgan fingerprint density at radius 1 is 1.42 bits per heavy atom. The molecule has 3 aromatic rings. The Bertz CT molecular complexity index is 1040. The summed E-state index contributed by atoms with van der Waals surface area (Å²) in [5.74, 6) is -1.05. The van der Waals surface area contributed by atoms with E-state index in [1.54, 1.807) is 6.20 Å². The van der Waals surface area contributed by atoms with Crippen LogP contribution in [0.2, 0.25) is 5.02 Å². The van der Waals surface area contributed by atoms with Crippen LogP contribution in [-0.4, -0.2) is 26.4 Å². The summed E-state index contributed by atoms with van der Waals surface area (Å²) in [6, 6.07) is 10.5. The number of nitrogens with one attached hydrogen (secondary N) is 1. The molecule has 0 bridgehead atoms. The van der Waals surface area contributed by atoms with E-state index in [0.717, 1.165) is 0 Å². The number of halogens is 2. The van der Waals surface area contributed by atoms with Crippen molar-refractivity contribution in [3.8, 4) is 6.07 Å². The summed E-state index contributed by atoms with van der Waals surface area (Å²) in [6.45, 7) is 1.22. The van der Waals surface area contributed by atoms with E-state index in [1.165, 1.54) is 48.0 Å². The van der Waals surface area contributed by atoms with Crippen molar-refractivity contribution in [3.63, 3.8) is 0 Å². The van der Waals surface area contributed by atoms with E-state index in [1.807, 2.05) is 6.07 Å². The second-order valence-corrected chi connectivity index (χ2v) is 6.47.